The van der Waals surface area contributed by atoms with Crippen molar-refractivity contribution in [2.24, 2.45) is 0 Å². The van der Waals surface area contributed by atoms with E-state index in [4.69, 9.17) is 4.42 Å². The first kappa shape index (κ1) is 12.2. The summed E-state index contributed by atoms with van der Waals surface area (Å²) in [4.78, 5) is 16.0. The molecule has 0 spiro atoms. The predicted molar refractivity (Wildman–Crippen MR) is 75.0 cm³/mol. The van der Waals surface area contributed by atoms with Gasteiger partial charge in [-0.2, -0.15) is 0 Å². The van der Waals surface area contributed by atoms with Crippen molar-refractivity contribution in [1.82, 2.24) is 9.55 Å². The Bertz CT molecular complexity index is 712. The first-order chi connectivity index (χ1) is 9.74. The second kappa shape index (κ2) is 5.05. The van der Waals surface area contributed by atoms with Crippen LogP contribution in [0.25, 0.3) is 5.69 Å². The molecule has 1 N–H and O–H groups in total. The zero-order valence-electron chi connectivity index (χ0n) is 10.9. The van der Waals surface area contributed by atoms with E-state index in [1.165, 1.54) is 6.26 Å². The Balaban J connectivity index is 1.76. The molecule has 0 aliphatic heterocycles. The molecule has 0 saturated carbocycles. The molecule has 3 aromatic rings. The molecule has 3 rings (SSSR count). The fourth-order valence-corrected chi connectivity index (χ4v) is 1.92. The predicted octanol–water partition coefficient (Wildman–Crippen LogP) is 3.03. The van der Waals surface area contributed by atoms with Crippen molar-refractivity contribution in [2.75, 3.05) is 5.32 Å². The van der Waals surface area contributed by atoms with Crippen LogP contribution in [-0.2, 0) is 0 Å². The normalized spacial score (nSPS) is 10.4. The molecule has 0 saturated heterocycles. The SMILES string of the molecule is Cc1ccoc1C(=O)Nc1ccc(-n2ccnc2)cc1. The fraction of sp³-hybridized carbons (Fsp3) is 0.0667. The Labute approximate surface area is 115 Å². The van der Waals surface area contributed by atoms with E-state index in [1.807, 2.05) is 42.0 Å². The summed E-state index contributed by atoms with van der Waals surface area (Å²) in [6.07, 6.45) is 6.81. The Kier molecular flexibility index (Phi) is 3.09. The standard InChI is InChI=1S/C15H13N3O2/c1-11-6-9-20-14(11)15(19)17-12-2-4-13(5-3-12)18-8-7-16-10-18/h2-10H,1H3,(H,17,19). The van der Waals surface area contributed by atoms with Crippen LogP contribution in [0.4, 0.5) is 5.69 Å². The van der Waals surface area contributed by atoms with Gasteiger partial charge in [0.25, 0.3) is 5.91 Å². The van der Waals surface area contributed by atoms with Gasteiger partial charge in [0.15, 0.2) is 5.76 Å². The van der Waals surface area contributed by atoms with Crippen LogP contribution in [0.3, 0.4) is 0 Å². The highest BCUT2D eigenvalue weighted by atomic mass is 16.3. The summed E-state index contributed by atoms with van der Waals surface area (Å²) in [6.45, 7) is 1.83. The number of hydrogen-bond donors (Lipinski definition) is 1. The van der Waals surface area contributed by atoms with E-state index in [0.29, 0.717) is 5.76 Å². The molecule has 2 heterocycles. The quantitative estimate of drug-likeness (QED) is 0.793. The average Bonchev–Trinajstić information content (AvgIpc) is 3.10. The smallest absolute Gasteiger partial charge is 0.291 e. The molecule has 1 aromatic carbocycles. The second-order valence-corrected chi connectivity index (χ2v) is 4.40. The molecule has 0 radical (unpaired) electrons. The second-order valence-electron chi connectivity index (χ2n) is 4.40. The van der Waals surface area contributed by atoms with Gasteiger partial charge < -0.3 is 14.3 Å². The number of nitrogens with one attached hydrogen (secondary N) is 1. The summed E-state index contributed by atoms with van der Waals surface area (Å²) in [5.74, 6) is 0.0894. The molecule has 0 aliphatic carbocycles. The maximum Gasteiger partial charge on any atom is 0.291 e. The van der Waals surface area contributed by atoms with Crippen LogP contribution < -0.4 is 5.32 Å². The summed E-state index contributed by atoms with van der Waals surface area (Å²) in [6, 6.07) is 9.26. The molecule has 0 unspecified atom stereocenters. The molecule has 0 atom stereocenters. The zero-order valence-corrected chi connectivity index (χ0v) is 10.9. The molecule has 20 heavy (non-hydrogen) atoms. The average molecular weight is 267 g/mol. The number of amides is 1. The molecule has 0 aliphatic rings. The third-order valence-electron chi connectivity index (χ3n) is 3.00. The van der Waals surface area contributed by atoms with Crippen LogP contribution in [0.15, 0.2) is 59.7 Å². The number of aryl methyl sites for hydroxylation is 1. The van der Waals surface area contributed by atoms with Gasteiger partial charge in [0, 0.05) is 29.3 Å². The van der Waals surface area contributed by atoms with Crippen LogP contribution >= 0.6 is 0 Å². The monoisotopic (exact) mass is 267 g/mol. The van der Waals surface area contributed by atoms with E-state index in [-0.39, 0.29) is 5.91 Å². The van der Waals surface area contributed by atoms with E-state index in [0.717, 1.165) is 16.9 Å². The molecule has 0 fully saturated rings. The van der Waals surface area contributed by atoms with Crippen LogP contribution in [0.1, 0.15) is 16.1 Å². The van der Waals surface area contributed by atoms with Crippen molar-refractivity contribution in [3.8, 4) is 5.69 Å². The Morgan fingerprint density at radius 3 is 2.65 bits per heavy atom. The minimum absolute atomic E-state index is 0.247. The van der Waals surface area contributed by atoms with Crippen molar-refractivity contribution >= 4 is 11.6 Å². The van der Waals surface area contributed by atoms with Gasteiger partial charge in [-0.1, -0.05) is 0 Å². The van der Waals surface area contributed by atoms with E-state index < -0.39 is 0 Å². The van der Waals surface area contributed by atoms with E-state index in [9.17, 15) is 4.79 Å². The summed E-state index contributed by atoms with van der Waals surface area (Å²) < 4.78 is 7.05. The number of aromatic nitrogens is 2. The molecule has 0 bridgehead atoms. The molecular weight excluding hydrogens is 254 g/mol. The maximum absolute atomic E-state index is 12.0. The number of carbonyl (C=O) groups excluding carboxylic acids is 1. The van der Waals surface area contributed by atoms with E-state index >= 15 is 0 Å². The van der Waals surface area contributed by atoms with Crippen LogP contribution in [0.5, 0.6) is 0 Å². The highest BCUT2D eigenvalue weighted by molar-refractivity contribution is 6.03. The van der Waals surface area contributed by atoms with Crippen molar-refractivity contribution < 1.29 is 9.21 Å². The van der Waals surface area contributed by atoms with Crippen molar-refractivity contribution in [2.45, 2.75) is 6.92 Å². The van der Waals surface area contributed by atoms with Crippen LogP contribution in [-0.4, -0.2) is 15.5 Å². The first-order valence-electron chi connectivity index (χ1n) is 6.18. The lowest BCUT2D eigenvalue weighted by molar-refractivity contribution is 0.0996. The van der Waals surface area contributed by atoms with E-state index in [1.54, 1.807) is 18.6 Å². The van der Waals surface area contributed by atoms with Crippen LogP contribution in [0, 0.1) is 6.92 Å². The third-order valence-corrected chi connectivity index (χ3v) is 3.00. The number of hydrogen-bond acceptors (Lipinski definition) is 3. The fourth-order valence-electron chi connectivity index (χ4n) is 1.92. The summed E-state index contributed by atoms with van der Waals surface area (Å²) in [5, 5.41) is 2.80. The van der Waals surface area contributed by atoms with E-state index in [2.05, 4.69) is 10.3 Å². The summed E-state index contributed by atoms with van der Waals surface area (Å²) in [5.41, 5.74) is 2.52. The first-order valence-corrected chi connectivity index (χ1v) is 6.18. The number of furan rings is 1. The summed E-state index contributed by atoms with van der Waals surface area (Å²) >= 11 is 0. The number of anilines is 1. The van der Waals surface area contributed by atoms with Gasteiger partial charge in [-0.05, 0) is 37.3 Å². The molecule has 5 nitrogen and oxygen atoms in total. The van der Waals surface area contributed by atoms with Gasteiger partial charge in [-0.25, -0.2) is 4.98 Å². The number of benzene rings is 1. The molecule has 1 amide bonds. The van der Waals surface area contributed by atoms with Crippen LogP contribution in [0.2, 0.25) is 0 Å². The molecule has 2 aromatic heterocycles. The lowest BCUT2D eigenvalue weighted by Gasteiger charge is -2.06. The third kappa shape index (κ3) is 2.33. The zero-order chi connectivity index (χ0) is 13.9. The Hall–Kier alpha value is -2.82. The van der Waals surface area contributed by atoms with Crippen molar-refractivity contribution in [3.63, 3.8) is 0 Å². The molecule has 5 heteroatoms. The molecule has 100 valence electrons. The minimum atomic E-state index is -0.247. The van der Waals surface area contributed by atoms with Gasteiger partial charge in [0.1, 0.15) is 0 Å². The largest absolute Gasteiger partial charge is 0.459 e. The van der Waals surface area contributed by atoms with Crippen molar-refractivity contribution in [3.05, 3.63) is 66.6 Å². The highest BCUT2D eigenvalue weighted by Gasteiger charge is 2.12. The lowest BCUT2D eigenvalue weighted by atomic mass is 10.2. The number of carbonyl (C=O) groups is 1. The van der Waals surface area contributed by atoms with Crippen molar-refractivity contribution in [1.29, 1.82) is 0 Å². The lowest BCUT2D eigenvalue weighted by Crippen LogP contribution is -2.12. The minimum Gasteiger partial charge on any atom is -0.459 e. The number of imidazole rings is 1. The number of rotatable bonds is 3. The summed E-state index contributed by atoms with van der Waals surface area (Å²) in [7, 11) is 0. The van der Waals surface area contributed by atoms with Gasteiger partial charge in [0.05, 0.1) is 12.6 Å². The highest BCUT2D eigenvalue weighted by Crippen LogP contribution is 2.15. The van der Waals surface area contributed by atoms with Gasteiger partial charge >= 0.3 is 0 Å². The number of nitrogens with zero attached hydrogens (tertiary/aromatic N) is 2. The maximum atomic E-state index is 12.0. The molecular formula is C15H13N3O2. The van der Waals surface area contributed by atoms with Gasteiger partial charge in [0.2, 0.25) is 0 Å². The Morgan fingerprint density at radius 2 is 2.05 bits per heavy atom. The topological polar surface area (TPSA) is 60.1 Å². The van der Waals surface area contributed by atoms with Gasteiger partial charge in [-0.3, -0.25) is 4.79 Å². The van der Waals surface area contributed by atoms with Gasteiger partial charge in [-0.15, -0.1) is 0 Å². The Morgan fingerprint density at radius 1 is 1.25 bits per heavy atom.